The first kappa shape index (κ1) is 25.3. The van der Waals surface area contributed by atoms with Gasteiger partial charge >= 0.3 is 0 Å². The number of nitrogens with one attached hydrogen (secondary N) is 2. The molecule has 7 nitrogen and oxygen atoms in total. The van der Waals surface area contributed by atoms with E-state index in [4.69, 9.17) is 9.97 Å². The first-order valence-corrected chi connectivity index (χ1v) is 14.7. The number of aliphatic hydroxyl groups is 1. The number of β-amino-alcohol motifs (C(OH)–C–C–N with tert-alkyl or cyclic N) is 1. The summed E-state index contributed by atoms with van der Waals surface area (Å²) < 4.78 is 0. The van der Waals surface area contributed by atoms with Crippen LogP contribution < -0.4 is 10.6 Å². The number of pyridine rings is 2. The van der Waals surface area contributed by atoms with Gasteiger partial charge in [0.15, 0.2) is 5.82 Å². The maximum atomic E-state index is 9.87. The quantitative estimate of drug-likeness (QED) is 0.242. The van der Waals surface area contributed by atoms with Gasteiger partial charge in [0.05, 0.1) is 11.8 Å². The molecule has 0 saturated carbocycles. The Balaban J connectivity index is 1.19. The van der Waals surface area contributed by atoms with E-state index in [9.17, 15) is 5.11 Å². The molecule has 1 saturated heterocycles. The highest BCUT2D eigenvalue weighted by atomic mass is 32.1. The lowest BCUT2D eigenvalue weighted by molar-refractivity contribution is 0.175. The molecular formula is C32H32N6OS. The van der Waals surface area contributed by atoms with E-state index >= 15 is 0 Å². The molecule has 1 fully saturated rings. The van der Waals surface area contributed by atoms with Gasteiger partial charge < -0.3 is 15.7 Å². The molecule has 202 valence electrons. The van der Waals surface area contributed by atoms with Crippen molar-refractivity contribution in [3.63, 3.8) is 0 Å². The number of rotatable bonds is 6. The molecule has 0 aliphatic carbocycles. The summed E-state index contributed by atoms with van der Waals surface area (Å²) in [5, 5.41) is 19.0. The smallest absolute Gasteiger partial charge is 0.156 e. The van der Waals surface area contributed by atoms with Crippen molar-refractivity contribution >= 4 is 33.7 Å². The molecule has 8 heteroatoms. The molecule has 2 aliphatic heterocycles. The third-order valence-corrected chi connectivity index (χ3v) is 9.24. The number of aromatic nitrogens is 3. The summed E-state index contributed by atoms with van der Waals surface area (Å²) in [7, 11) is 0. The van der Waals surface area contributed by atoms with Gasteiger partial charge in [-0.3, -0.25) is 9.88 Å². The molecule has 2 aromatic carbocycles. The number of hydrogen-bond donors (Lipinski definition) is 3. The van der Waals surface area contributed by atoms with Gasteiger partial charge in [-0.25, -0.2) is 9.97 Å². The van der Waals surface area contributed by atoms with Crippen LogP contribution in [0.1, 0.15) is 33.7 Å². The molecule has 1 unspecified atom stereocenters. The average Bonchev–Trinajstić information content (AvgIpc) is 3.67. The zero-order valence-electron chi connectivity index (χ0n) is 22.7. The van der Waals surface area contributed by atoms with Gasteiger partial charge in [0.2, 0.25) is 0 Å². The first-order valence-electron chi connectivity index (χ1n) is 13.8. The highest BCUT2D eigenvalue weighted by molar-refractivity contribution is 7.15. The normalized spacial score (nSPS) is 17.0. The third-order valence-electron chi connectivity index (χ3n) is 8.11. The fourth-order valence-electron chi connectivity index (χ4n) is 5.92. The van der Waals surface area contributed by atoms with Crippen LogP contribution in [0.5, 0.6) is 0 Å². The van der Waals surface area contributed by atoms with Gasteiger partial charge in [-0.1, -0.05) is 30.3 Å². The van der Waals surface area contributed by atoms with Crippen LogP contribution in [0.2, 0.25) is 0 Å². The summed E-state index contributed by atoms with van der Waals surface area (Å²) in [5.74, 6) is 0.747. The number of thiazole rings is 1. The zero-order valence-corrected chi connectivity index (χ0v) is 23.6. The van der Waals surface area contributed by atoms with Crippen LogP contribution in [-0.2, 0) is 19.6 Å². The molecule has 0 amide bonds. The van der Waals surface area contributed by atoms with Crippen molar-refractivity contribution in [2.45, 2.75) is 46.0 Å². The van der Waals surface area contributed by atoms with Gasteiger partial charge in [0, 0.05) is 66.6 Å². The van der Waals surface area contributed by atoms with Crippen molar-refractivity contribution in [1.29, 1.82) is 0 Å². The molecule has 2 aliphatic rings. The highest BCUT2D eigenvalue weighted by Crippen LogP contribution is 2.38. The van der Waals surface area contributed by atoms with Gasteiger partial charge in [0.1, 0.15) is 10.5 Å². The van der Waals surface area contributed by atoms with Crippen molar-refractivity contribution < 1.29 is 5.11 Å². The number of hydrogen-bond acceptors (Lipinski definition) is 8. The molecule has 5 aromatic rings. The van der Waals surface area contributed by atoms with Crippen LogP contribution in [0.15, 0.2) is 60.9 Å². The Morgan fingerprint density at radius 3 is 2.67 bits per heavy atom. The second kappa shape index (κ2) is 10.4. The molecule has 3 aromatic heterocycles. The third kappa shape index (κ3) is 4.67. The highest BCUT2D eigenvalue weighted by Gasteiger charge is 2.21. The van der Waals surface area contributed by atoms with E-state index in [1.807, 2.05) is 18.5 Å². The summed E-state index contributed by atoms with van der Waals surface area (Å²) >= 11 is 1.80. The van der Waals surface area contributed by atoms with Crippen molar-refractivity contribution in [2.24, 2.45) is 0 Å². The van der Waals surface area contributed by atoms with E-state index in [0.717, 1.165) is 77.7 Å². The summed E-state index contributed by atoms with van der Waals surface area (Å²) in [6.45, 7) is 8.58. The summed E-state index contributed by atoms with van der Waals surface area (Å²) in [6, 6.07) is 17.1. The molecule has 1 atom stereocenters. The Kier molecular flexibility index (Phi) is 6.56. The molecular weight excluding hydrogens is 516 g/mol. The largest absolute Gasteiger partial charge is 0.392 e. The van der Waals surface area contributed by atoms with E-state index in [0.29, 0.717) is 0 Å². The lowest BCUT2D eigenvalue weighted by Gasteiger charge is -2.17. The molecule has 5 heterocycles. The minimum atomic E-state index is -0.218. The van der Waals surface area contributed by atoms with Crippen LogP contribution in [0.4, 0.5) is 11.5 Å². The van der Waals surface area contributed by atoms with Crippen LogP contribution in [-0.4, -0.2) is 44.2 Å². The summed E-state index contributed by atoms with van der Waals surface area (Å²) in [5.41, 5.74) is 10.2. The van der Waals surface area contributed by atoms with Crippen molar-refractivity contribution in [1.82, 2.24) is 25.2 Å². The number of fused-ring (bicyclic) bond motifs is 2. The summed E-state index contributed by atoms with van der Waals surface area (Å²) in [6.07, 6.45) is 4.39. The Hall–Kier alpha value is -3.69. The average molecular weight is 549 g/mol. The Morgan fingerprint density at radius 2 is 1.85 bits per heavy atom. The van der Waals surface area contributed by atoms with E-state index in [1.54, 1.807) is 11.3 Å². The second-order valence-electron chi connectivity index (χ2n) is 10.8. The molecule has 40 heavy (non-hydrogen) atoms. The Bertz CT molecular complexity index is 1710. The van der Waals surface area contributed by atoms with E-state index in [2.05, 4.69) is 76.8 Å². The predicted octanol–water partition coefficient (Wildman–Crippen LogP) is 5.95. The van der Waals surface area contributed by atoms with Crippen LogP contribution in [0.25, 0.3) is 32.6 Å². The maximum Gasteiger partial charge on any atom is 0.156 e. The van der Waals surface area contributed by atoms with Gasteiger partial charge in [-0.15, -0.1) is 11.3 Å². The molecule has 3 N–H and O–H groups in total. The van der Waals surface area contributed by atoms with Gasteiger partial charge in [-0.2, -0.15) is 0 Å². The van der Waals surface area contributed by atoms with Crippen molar-refractivity contribution in [3.8, 4) is 21.7 Å². The number of likely N-dealkylation sites (tertiary alicyclic amines) is 1. The number of anilines is 2. The maximum absolute atomic E-state index is 9.87. The summed E-state index contributed by atoms with van der Waals surface area (Å²) in [4.78, 5) is 18.0. The first-order chi connectivity index (χ1) is 19.5. The number of aliphatic hydroxyl groups excluding tert-OH is 1. The standard InChI is InChI=1S/C32H32N6OS/c1-19-24(5-3-7-26(19)32-37-28-15-33-16-29(28)40-32)25-6-4-8-27(20(25)2)36-31-30-22(9-11-34-31)13-21(14-35-30)17-38-12-10-23(39)18-38/h3-9,11,13-14,23,33,39H,10,12,15-18H2,1-2H3,(H,34,36). The van der Waals surface area contributed by atoms with Crippen LogP contribution in [0.3, 0.4) is 0 Å². The molecule has 0 bridgehead atoms. The minimum absolute atomic E-state index is 0.218. The lowest BCUT2D eigenvalue weighted by atomic mass is 9.93. The van der Waals surface area contributed by atoms with Crippen molar-refractivity contribution in [3.05, 3.63) is 88.2 Å². The fraction of sp³-hybridized carbons (Fsp3) is 0.281. The lowest BCUT2D eigenvalue weighted by Crippen LogP contribution is -2.21. The van der Waals surface area contributed by atoms with Crippen molar-refractivity contribution in [2.75, 3.05) is 18.4 Å². The number of nitrogens with zero attached hydrogens (tertiary/aromatic N) is 4. The topological polar surface area (TPSA) is 86.2 Å². The molecule has 7 rings (SSSR count). The van der Waals surface area contributed by atoms with Crippen LogP contribution in [0, 0.1) is 13.8 Å². The van der Waals surface area contributed by atoms with E-state index < -0.39 is 0 Å². The fourth-order valence-corrected chi connectivity index (χ4v) is 7.05. The second-order valence-corrected chi connectivity index (χ2v) is 11.9. The number of benzene rings is 2. The van der Waals surface area contributed by atoms with E-state index in [-0.39, 0.29) is 6.10 Å². The van der Waals surface area contributed by atoms with Crippen LogP contribution >= 0.6 is 11.3 Å². The molecule has 0 spiro atoms. The zero-order chi connectivity index (χ0) is 27.2. The van der Waals surface area contributed by atoms with Gasteiger partial charge in [0.25, 0.3) is 0 Å². The Morgan fingerprint density at radius 1 is 1.02 bits per heavy atom. The molecule has 0 radical (unpaired) electrons. The predicted molar refractivity (Wildman–Crippen MR) is 162 cm³/mol. The SMILES string of the molecule is Cc1c(Nc2nccc3cc(CN4CCC(O)C4)cnc23)cccc1-c1cccc(-c2nc3c(s2)CNC3)c1C. The monoisotopic (exact) mass is 548 g/mol. The minimum Gasteiger partial charge on any atom is -0.392 e. The van der Waals surface area contributed by atoms with Gasteiger partial charge in [-0.05, 0) is 66.3 Å². The Labute approximate surface area is 238 Å². The van der Waals surface area contributed by atoms with E-state index in [1.165, 1.54) is 32.8 Å².